The predicted octanol–water partition coefficient (Wildman–Crippen LogP) is 2.98. The van der Waals surface area contributed by atoms with Crippen LogP contribution in [0, 0.1) is 25.6 Å². The molecule has 1 N–H and O–H groups in total. The molecule has 0 aromatic heterocycles. The van der Waals surface area contributed by atoms with Gasteiger partial charge < -0.3 is 15.0 Å². The van der Waals surface area contributed by atoms with Gasteiger partial charge in [0.2, 0.25) is 5.91 Å². The monoisotopic (exact) mass is 384 g/mol. The van der Waals surface area contributed by atoms with Crippen molar-refractivity contribution in [3.8, 4) is 0 Å². The molecule has 28 heavy (non-hydrogen) atoms. The molecule has 2 amide bonds. The van der Waals surface area contributed by atoms with E-state index >= 15 is 0 Å². The van der Waals surface area contributed by atoms with Gasteiger partial charge in [-0.1, -0.05) is 18.2 Å². The number of amides is 2. The number of hydrogen-bond acceptors (Lipinski definition) is 4. The second kappa shape index (κ2) is 8.21. The van der Waals surface area contributed by atoms with Crippen molar-refractivity contribution in [1.29, 1.82) is 0 Å². The smallest absolute Gasteiger partial charge is 0.311 e. The summed E-state index contributed by atoms with van der Waals surface area (Å²) in [6.07, 6.45) is -0.0775. The van der Waals surface area contributed by atoms with Crippen molar-refractivity contribution in [2.75, 3.05) is 23.4 Å². The molecule has 1 aliphatic heterocycles. The minimum Gasteiger partial charge on any atom is -0.455 e. The van der Waals surface area contributed by atoms with Crippen molar-refractivity contribution in [2.24, 2.45) is 5.92 Å². The molecular weight excluding hydrogens is 363 g/mol. The van der Waals surface area contributed by atoms with E-state index in [4.69, 9.17) is 4.74 Å². The van der Waals surface area contributed by atoms with E-state index in [0.29, 0.717) is 5.69 Å². The lowest BCUT2D eigenvalue weighted by Crippen LogP contribution is -2.28. The van der Waals surface area contributed by atoms with Crippen molar-refractivity contribution in [2.45, 2.75) is 20.3 Å². The Morgan fingerprint density at radius 3 is 2.54 bits per heavy atom. The molecule has 6 nitrogen and oxygen atoms in total. The molecule has 3 rings (SSSR count). The summed E-state index contributed by atoms with van der Waals surface area (Å²) in [7, 11) is 0. The van der Waals surface area contributed by atoms with Crippen LogP contribution >= 0.6 is 0 Å². The highest BCUT2D eigenvalue weighted by atomic mass is 19.1. The Balaban J connectivity index is 1.54. The average molecular weight is 384 g/mol. The van der Waals surface area contributed by atoms with Crippen molar-refractivity contribution >= 4 is 29.2 Å². The van der Waals surface area contributed by atoms with Gasteiger partial charge in [-0.05, 0) is 49.2 Å². The van der Waals surface area contributed by atoms with Gasteiger partial charge in [-0.15, -0.1) is 0 Å². The van der Waals surface area contributed by atoms with E-state index in [1.165, 1.54) is 23.1 Å². The lowest BCUT2D eigenvalue weighted by Gasteiger charge is -2.17. The van der Waals surface area contributed by atoms with Gasteiger partial charge in [-0.2, -0.15) is 0 Å². The number of carbonyl (C=O) groups is 3. The first-order valence-electron chi connectivity index (χ1n) is 8.93. The topological polar surface area (TPSA) is 75.7 Å². The fraction of sp³-hybridized carbons (Fsp3) is 0.286. The molecule has 0 unspecified atom stereocenters. The Kier molecular flexibility index (Phi) is 5.73. The second-order valence-electron chi connectivity index (χ2n) is 6.89. The highest BCUT2D eigenvalue weighted by Gasteiger charge is 2.37. The van der Waals surface area contributed by atoms with Gasteiger partial charge in [0.25, 0.3) is 5.91 Å². The molecule has 1 aliphatic rings. The summed E-state index contributed by atoms with van der Waals surface area (Å²) in [5, 5.41) is 2.68. The SMILES string of the molecule is Cc1cc(C)cc(NC(=O)COC(=O)[C@@H]2CC(=O)N(c3ccccc3F)C2)c1. The third-order valence-electron chi connectivity index (χ3n) is 4.45. The Bertz CT molecular complexity index is 908. The molecule has 0 bridgehead atoms. The molecule has 1 saturated heterocycles. The second-order valence-corrected chi connectivity index (χ2v) is 6.89. The number of nitrogens with one attached hydrogen (secondary N) is 1. The van der Waals surface area contributed by atoms with Crippen LogP contribution in [0.2, 0.25) is 0 Å². The molecule has 0 saturated carbocycles. The Hall–Kier alpha value is -3.22. The van der Waals surface area contributed by atoms with Crippen LogP contribution in [-0.2, 0) is 19.1 Å². The number of anilines is 2. The summed E-state index contributed by atoms with van der Waals surface area (Å²) in [4.78, 5) is 37.7. The average Bonchev–Trinajstić information content (AvgIpc) is 3.01. The van der Waals surface area contributed by atoms with E-state index < -0.39 is 30.2 Å². The fourth-order valence-electron chi connectivity index (χ4n) is 3.27. The summed E-state index contributed by atoms with van der Waals surface area (Å²) >= 11 is 0. The summed E-state index contributed by atoms with van der Waals surface area (Å²) in [5.74, 6) is -2.73. The molecule has 1 atom stereocenters. The lowest BCUT2D eigenvalue weighted by molar-refractivity contribution is -0.151. The highest BCUT2D eigenvalue weighted by Crippen LogP contribution is 2.27. The van der Waals surface area contributed by atoms with Gasteiger partial charge in [-0.25, -0.2) is 4.39 Å². The van der Waals surface area contributed by atoms with Crippen LogP contribution in [-0.4, -0.2) is 30.9 Å². The quantitative estimate of drug-likeness (QED) is 0.804. The van der Waals surface area contributed by atoms with Crippen LogP contribution < -0.4 is 10.2 Å². The Labute approximate surface area is 162 Å². The number of benzene rings is 2. The van der Waals surface area contributed by atoms with Crippen LogP contribution in [0.3, 0.4) is 0 Å². The van der Waals surface area contributed by atoms with Gasteiger partial charge in [0.1, 0.15) is 5.82 Å². The van der Waals surface area contributed by atoms with E-state index in [1.54, 1.807) is 6.07 Å². The van der Waals surface area contributed by atoms with E-state index in [2.05, 4.69) is 5.32 Å². The van der Waals surface area contributed by atoms with Crippen molar-refractivity contribution < 1.29 is 23.5 Å². The van der Waals surface area contributed by atoms with Gasteiger partial charge in [0, 0.05) is 18.7 Å². The number of esters is 1. The normalized spacial score (nSPS) is 16.2. The Morgan fingerprint density at radius 1 is 1.18 bits per heavy atom. The summed E-state index contributed by atoms with van der Waals surface area (Å²) in [6, 6.07) is 11.5. The molecule has 1 heterocycles. The molecule has 1 fully saturated rings. The fourth-order valence-corrected chi connectivity index (χ4v) is 3.27. The van der Waals surface area contributed by atoms with E-state index in [9.17, 15) is 18.8 Å². The predicted molar refractivity (Wildman–Crippen MR) is 102 cm³/mol. The van der Waals surface area contributed by atoms with E-state index in [-0.39, 0.29) is 24.6 Å². The molecule has 7 heteroatoms. The summed E-state index contributed by atoms with van der Waals surface area (Å²) in [5.41, 5.74) is 2.77. The van der Waals surface area contributed by atoms with E-state index in [0.717, 1.165) is 11.1 Å². The summed E-state index contributed by atoms with van der Waals surface area (Å²) < 4.78 is 19.0. The number of aryl methyl sites for hydroxylation is 2. The molecule has 2 aromatic carbocycles. The van der Waals surface area contributed by atoms with Crippen molar-refractivity contribution in [3.63, 3.8) is 0 Å². The number of halogens is 1. The molecule has 0 aliphatic carbocycles. The maximum atomic E-state index is 13.9. The Morgan fingerprint density at radius 2 is 1.86 bits per heavy atom. The number of hydrogen-bond donors (Lipinski definition) is 1. The molecule has 0 radical (unpaired) electrons. The van der Waals surface area contributed by atoms with Crippen LogP contribution in [0.4, 0.5) is 15.8 Å². The molecule has 146 valence electrons. The molecular formula is C21H21FN2O4. The van der Waals surface area contributed by atoms with Crippen molar-refractivity contribution in [3.05, 3.63) is 59.4 Å². The van der Waals surface area contributed by atoms with Gasteiger partial charge in [-0.3, -0.25) is 14.4 Å². The summed E-state index contributed by atoms with van der Waals surface area (Å²) in [6.45, 7) is 3.41. The third kappa shape index (κ3) is 4.54. The maximum absolute atomic E-state index is 13.9. The zero-order valence-corrected chi connectivity index (χ0v) is 15.7. The number of carbonyl (C=O) groups excluding carboxylic acids is 3. The zero-order valence-electron chi connectivity index (χ0n) is 15.7. The van der Waals surface area contributed by atoms with Crippen LogP contribution in [0.5, 0.6) is 0 Å². The zero-order chi connectivity index (χ0) is 20.3. The van der Waals surface area contributed by atoms with Gasteiger partial charge >= 0.3 is 5.97 Å². The van der Waals surface area contributed by atoms with Crippen LogP contribution in [0.25, 0.3) is 0 Å². The maximum Gasteiger partial charge on any atom is 0.311 e. The van der Waals surface area contributed by atoms with Crippen LogP contribution in [0.1, 0.15) is 17.5 Å². The number of ether oxygens (including phenoxy) is 1. The van der Waals surface area contributed by atoms with Gasteiger partial charge in [0.15, 0.2) is 6.61 Å². The lowest BCUT2D eigenvalue weighted by atomic mass is 10.1. The minimum absolute atomic E-state index is 0.0251. The largest absolute Gasteiger partial charge is 0.455 e. The minimum atomic E-state index is -0.735. The number of nitrogens with zero attached hydrogens (tertiary/aromatic N) is 1. The first kappa shape index (κ1) is 19.5. The highest BCUT2D eigenvalue weighted by molar-refractivity contribution is 6.00. The molecule has 2 aromatic rings. The first-order valence-corrected chi connectivity index (χ1v) is 8.93. The van der Waals surface area contributed by atoms with Gasteiger partial charge in [0.05, 0.1) is 11.6 Å². The number of para-hydroxylation sites is 1. The first-order chi connectivity index (χ1) is 13.3. The van der Waals surface area contributed by atoms with E-state index in [1.807, 2.05) is 32.0 Å². The van der Waals surface area contributed by atoms with Crippen molar-refractivity contribution in [1.82, 2.24) is 0 Å². The molecule has 0 spiro atoms. The van der Waals surface area contributed by atoms with Crippen LogP contribution in [0.15, 0.2) is 42.5 Å². The third-order valence-corrected chi connectivity index (χ3v) is 4.45. The standard InChI is InChI=1S/C21H21FN2O4/c1-13-7-14(2)9-16(8-13)23-19(25)12-28-21(27)15-10-20(26)24(11-15)18-6-4-3-5-17(18)22/h3-9,15H,10-12H2,1-2H3,(H,23,25)/t15-/m1/s1. The number of rotatable bonds is 5.